The fourth-order valence-electron chi connectivity index (χ4n) is 6.37. The quantitative estimate of drug-likeness (QED) is 0.0809. The number of unbranched alkanes of at least 4 members (excludes halogenated alkanes) is 18. The smallest absolute Gasteiger partial charge is 0.334 e. The maximum atomic E-state index is 11.6. The van der Waals surface area contributed by atoms with Gasteiger partial charge in [-0.1, -0.05) is 129 Å². The summed E-state index contributed by atoms with van der Waals surface area (Å²) >= 11 is 0. The minimum absolute atomic E-state index is 0.0443. The van der Waals surface area contributed by atoms with Gasteiger partial charge < -0.3 is 19.7 Å². The van der Waals surface area contributed by atoms with E-state index in [0.29, 0.717) is 0 Å². The van der Waals surface area contributed by atoms with Crippen molar-refractivity contribution in [1.82, 2.24) is 0 Å². The number of carbonyl (C=O) groups is 1. The van der Waals surface area contributed by atoms with Crippen molar-refractivity contribution in [3.63, 3.8) is 0 Å². The Labute approximate surface area is 246 Å². The number of aliphatic hydroxyl groups excluding tert-OH is 2. The molecule has 5 atom stereocenters. The zero-order valence-corrected chi connectivity index (χ0v) is 26.3. The molecule has 1 unspecified atom stereocenters. The Morgan fingerprint density at radius 1 is 0.675 bits per heavy atom. The third-order valence-electron chi connectivity index (χ3n) is 8.98. The van der Waals surface area contributed by atoms with Crippen LogP contribution in [0.5, 0.6) is 0 Å². The molecule has 2 aliphatic rings. The summed E-state index contributed by atoms with van der Waals surface area (Å²) in [5, 5.41) is 21.2. The second-order valence-electron chi connectivity index (χ2n) is 12.8. The molecule has 0 saturated carbocycles. The van der Waals surface area contributed by atoms with Gasteiger partial charge >= 0.3 is 5.97 Å². The van der Waals surface area contributed by atoms with Crippen LogP contribution in [0.1, 0.15) is 174 Å². The van der Waals surface area contributed by atoms with Crippen LogP contribution in [0.25, 0.3) is 0 Å². The maximum Gasteiger partial charge on any atom is 0.334 e. The van der Waals surface area contributed by atoms with Crippen molar-refractivity contribution in [2.45, 2.75) is 205 Å². The number of cyclic esters (lactones) is 1. The van der Waals surface area contributed by atoms with Gasteiger partial charge in [0.05, 0.1) is 24.4 Å². The lowest BCUT2D eigenvalue weighted by Gasteiger charge is -2.22. The van der Waals surface area contributed by atoms with E-state index in [0.717, 1.165) is 56.9 Å². The molecule has 0 amide bonds. The summed E-state index contributed by atoms with van der Waals surface area (Å²) in [4.78, 5) is 11.6. The average molecular weight is 565 g/mol. The van der Waals surface area contributed by atoms with Gasteiger partial charge in [-0.05, 0) is 51.5 Å². The summed E-state index contributed by atoms with van der Waals surface area (Å²) in [5.41, 5.74) is 0.870. The minimum atomic E-state index is -0.389. The van der Waals surface area contributed by atoms with Gasteiger partial charge in [-0.15, -0.1) is 0 Å². The number of hydrogen-bond donors (Lipinski definition) is 2. The van der Waals surface area contributed by atoms with E-state index in [2.05, 4.69) is 6.92 Å². The average Bonchev–Trinajstić information content (AvgIpc) is 3.56. The van der Waals surface area contributed by atoms with Crippen molar-refractivity contribution >= 4 is 5.97 Å². The molecular formula is C35H64O5. The summed E-state index contributed by atoms with van der Waals surface area (Å²) in [6, 6.07) is 0. The van der Waals surface area contributed by atoms with Crippen LogP contribution in [-0.2, 0) is 14.3 Å². The van der Waals surface area contributed by atoms with Crippen LogP contribution in [0.2, 0.25) is 0 Å². The van der Waals surface area contributed by atoms with Gasteiger partial charge in [0.25, 0.3) is 0 Å². The highest BCUT2D eigenvalue weighted by Gasteiger charge is 2.34. The summed E-state index contributed by atoms with van der Waals surface area (Å²) < 4.78 is 11.2. The lowest BCUT2D eigenvalue weighted by molar-refractivity contribution is -0.139. The molecule has 2 heterocycles. The zero-order chi connectivity index (χ0) is 28.8. The Morgan fingerprint density at radius 3 is 1.48 bits per heavy atom. The molecule has 0 bridgehead atoms. The summed E-state index contributed by atoms with van der Waals surface area (Å²) in [6.07, 6.45) is 30.5. The van der Waals surface area contributed by atoms with Crippen LogP contribution >= 0.6 is 0 Å². The molecule has 234 valence electrons. The van der Waals surface area contributed by atoms with E-state index in [9.17, 15) is 15.0 Å². The van der Waals surface area contributed by atoms with Crippen LogP contribution in [0.4, 0.5) is 0 Å². The summed E-state index contributed by atoms with van der Waals surface area (Å²) in [7, 11) is 0. The minimum Gasteiger partial charge on any atom is -0.455 e. The maximum absolute atomic E-state index is 11.6. The van der Waals surface area contributed by atoms with Crippen LogP contribution in [-0.4, -0.2) is 46.7 Å². The summed E-state index contributed by atoms with van der Waals surface area (Å²) in [5.74, 6) is -0.117. The standard InChI is InChI=1S/C35H64O5/c1-3-4-5-6-7-8-12-15-18-21-24-31(36)33-26-27-34(40-33)32(37)25-22-19-16-13-10-9-11-14-17-20-23-30-28-29(2)39-35(30)38/h28-29,31-34,36-37H,3-27H2,1-2H3/t29?,31-,32+,33-,34+/m0/s1. The third-order valence-corrected chi connectivity index (χ3v) is 8.98. The first-order chi connectivity index (χ1) is 19.5. The Morgan fingerprint density at radius 2 is 1.07 bits per heavy atom. The number of ether oxygens (including phenoxy) is 2. The van der Waals surface area contributed by atoms with Gasteiger partial charge in [0.15, 0.2) is 0 Å². The van der Waals surface area contributed by atoms with Crippen LogP contribution in [0.3, 0.4) is 0 Å². The van der Waals surface area contributed by atoms with Gasteiger partial charge in [-0.3, -0.25) is 0 Å². The fourth-order valence-corrected chi connectivity index (χ4v) is 6.37. The van der Waals surface area contributed by atoms with E-state index in [-0.39, 0.29) is 36.5 Å². The normalized spacial score (nSPS) is 22.4. The molecular weight excluding hydrogens is 500 g/mol. The van der Waals surface area contributed by atoms with Crippen molar-refractivity contribution in [1.29, 1.82) is 0 Å². The second-order valence-corrected chi connectivity index (χ2v) is 12.8. The molecule has 0 spiro atoms. The van der Waals surface area contributed by atoms with E-state index in [1.54, 1.807) is 0 Å². The van der Waals surface area contributed by atoms with Crippen molar-refractivity contribution < 1.29 is 24.5 Å². The third kappa shape index (κ3) is 15.9. The Balaban J connectivity index is 1.35. The monoisotopic (exact) mass is 564 g/mol. The topological polar surface area (TPSA) is 76.0 Å². The van der Waals surface area contributed by atoms with Crippen molar-refractivity contribution in [2.75, 3.05) is 0 Å². The van der Waals surface area contributed by atoms with Crippen LogP contribution in [0, 0.1) is 0 Å². The Hall–Kier alpha value is -0.910. The first-order valence-electron chi connectivity index (χ1n) is 17.4. The molecule has 2 aliphatic heterocycles. The van der Waals surface area contributed by atoms with Crippen molar-refractivity contribution in [3.05, 3.63) is 11.6 Å². The van der Waals surface area contributed by atoms with E-state index >= 15 is 0 Å². The predicted molar refractivity (Wildman–Crippen MR) is 165 cm³/mol. The second kappa shape index (κ2) is 22.7. The number of carbonyl (C=O) groups excluding carboxylic acids is 1. The molecule has 0 aliphatic carbocycles. The first-order valence-corrected chi connectivity index (χ1v) is 17.4. The molecule has 5 heteroatoms. The molecule has 40 heavy (non-hydrogen) atoms. The van der Waals surface area contributed by atoms with Crippen LogP contribution < -0.4 is 0 Å². The van der Waals surface area contributed by atoms with Gasteiger partial charge in [0, 0.05) is 5.57 Å². The first kappa shape index (κ1) is 35.3. The zero-order valence-electron chi connectivity index (χ0n) is 26.3. The number of hydrogen-bond acceptors (Lipinski definition) is 5. The summed E-state index contributed by atoms with van der Waals surface area (Å²) in [6.45, 7) is 4.18. The molecule has 0 aromatic heterocycles. The molecule has 0 radical (unpaired) electrons. The SMILES string of the molecule is CCCCCCCCCCCC[C@H](O)[C@@H]1CC[C@H]([C@H](O)CCCCCCCCCCCCC2=CC(C)OC2=O)O1. The highest BCUT2D eigenvalue weighted by atomic mass is 16.5. The van der Waals surface area contributed by atoms with E-state index in [1.165, 1.54) is 109 Å². The lowest BCUT2D eigenvalue weighted by atomic mass is 10.00. The number of rotatable bonds is 26. The predicted octanol–water partition coefficient (Wildman–Crippen LogP) is 9.12. The molecule has 0 aromatic carbocycles. The lowest BCUT2D eigenvalue weighted by Crippen LogP contribution is -2.31. The largest absolute Gasteiger partial charge is 0.455 e. The van der Waals surface area contributed by atoms with Gasteiger partial charge in [0.2, 0.25) is 0 Å². The van der Waals surface area contributed by atoms with Gasteiger partial charge in [-0.2, -0.15) is 0 Å². The molecule has 2 N–H and O–H groups in total. The van der Waals surface area contributed by atoms with Gasteiger partial charge in [0.1, 0.15) is 6.10 Å². The van der Waals surface area contributed by atoms with E-state index in [1.807, 2.05) is 13.0 Å². The highest BCUT2D eigenvalue weighted by molar-refractivity contribution is 5.90. The highest BCUT2D eigenvalue weighted by Crippen LogP contribution is 2.28. The van der Waals surface area contributed by atoms with Crippen molar-refractivity contribution in [3.8, 4) is 0 Å². The van der Waals surface area contributed by atoms with E-state index < -0.39 is 0 Å². The van der Waals surface area contributed by atoms with Crippen LogP contribution in [0.15, 0.2) is 11.6 Å². The molecule has 1 fully saturated rings. The van der Waals surface area contributed by atoms with E-state index in [4.69, 9.17) is 9.47 Å². The molecule has 1 saturated heterocycles. The fraction of sp³-hybridized carbons (Fsp3) is 0.914. The molecule has 5 nitrogen and oxygen atoms in total. The van der Waals surface area contributed by atoms with Gasteiger partial charge in [-0.25, -0.2) is 4.79 Å². The Bertz CT molecular complexity index is 662. The molecule has 2 rings (SSSR count). The number of esters is 1. The van der Waals surface area contributed by atoms with Crippen molar-refractivity contribution in [2.24, 2.45) is 0 Å². The number of aliphatic hydroxyl groups is 2. The Kier molecular flexibility index (Phi) is 20.0. The molecule has 0 aromatic rings.